The van der Waals surface area contributed by atoms with Gasteiger partial charge in [0.1, 0.15) is 7.28 Å². The summed E-state index contributed by atoms with van der Waals surface area (Å²) in [5.41, 5.74) is 3.62. The van der Waals surface area contributed by atoms with Crippen LogP contribution in [-0.4, -0.2) is 7.28 Å². The molecule has 0 spiro atoms. The van der Waals surface area contributed by atoms with Gasteiger partial charge in [-0.25, -0.2) is 0 Å². The van der Waals surface area contributed by atoms with Crippen LogP contribution in [0.25, 0.3) is 0 Å². The molecule has 0 aromatic rings. The molecule has 0 nitrogen and oxygen atoms in total. The third-order valence-electron chi connectivity index (χ3n) is 6.85. The fraction of sp³-hybridized carbons (Fsp3) is 0.786. The van der Waals surface area contributed by atoms with Crippen molar-refractivity contribution < 1.29 is 0 Å². The number of hydrogen-bond donors (Lipinski definition) is 0. The first-order valence-corrected chi connectivity index (χ1v) is 12.6. The maximum atomic E-state index is 2.53. The highest BCUT2D eigenvalue weighted by Gasteiger charge is 2.43. The molecule has 0 N–H and O–H groups in total. The van der Waals surface area contributed by atoms with Gasteiger partial charge in [-0.1, -0.05) is 103 Å². The summed E-state index contributed by atoms with van der Waals surface area (Å²) in [6.45, 7) is 23.8. The van der Waals surface area contributed by atoms with Crippen molar-refractivity contribution in [1.29, 1.82) is 0 Å². The second-order valence-electron chi connectivity index (χ2n) is 10.3. The predicted molar refractivity (Wildman–Crippen MR) is 138 cm³/mol. The Balaban J connectivity index is 6.16. The zero-order valence-corrected chi connectivity index (χ0v) is 21.8. The Labute approximate surface area is 186 Å². The first-order chi connectivity index (χ1) is 13.7. The van der Waals surface area contributed by atoms with E-state index in [9.17, 15) is 0 Å². The Hall–Kier alpha value is -0.715. The van der Waals surface area contributed by atoms with Crippen LogP contribution in [0, 0.1) is 29.1 Å². The average molecular weight is 401 g/mol. The molecule has 0 aliphatic heterocycles. The largest absolute Gasteiger partial charge is 0.121 e. The SMILES string of the molecule is CBC/C=C\CC(C)C(C(CC)=C(C)C)C(C/C=C\CC(C)C)(CCC)C(C)C. The van der Waals surface area contributed by atoms with Gasteiger partial charge < -0.3 is 0 Å². The minimum absolute atomic E-state index is 0.350. The molecule has 0 radical (unpaired) electrons. The van der Waals surface area contributed by atoms with Gasteiger partial charge in [0.15, 0.2) is 0 Å². The predicted octanol–water partition coefficient (Wildman–Crippen LogP) is 9.27. The van der Waals surface area contributed by atoms with E-state index in [1.165, 1.54) is 52.1 Å². The lowest BCUT2D eigenvalue weighted by molar-refractivity contribution is 0.0631. The van der Waals surface area contributed by atoms with E-state index >= 15 is 0 Å². The molecule has 29 heavy (non-hydrogen) atoms. The smallest absolute Gasteiger partial charge is 0.0960 e. The van der Waals surface area contributed by atoms with Crippen molar-refractivity contribution in [1.82, 2.24) is 0 Å². The molecule has 0 saturated carbocycles. The van der Waals surface area contributed by atoms with Crippen LogP contribution in [0.5, 0.6) is 0 Å². The van der Waals surface area contributed by atoms with Gasteiger partial charge in [-0.3, -0.25) is 0 Å². The molecule has 168 valence electrons. The maximum absolute atomic E-state index is 2.53. The van der Waals surface area contributed by atoms with Crippen LogP contribution in [0.2, 0.25) is 13.1 Å². The molecular weight excluding hydrogens is 347 g/mol. The number of hydrogen-bond acceptors (Lipinski definition) is 0. The molecule has 0 aliphatic carbocycles. The molecule has 0 aromatic heterocycles. The van der Waals surface area contributed by atoms with E-state index in [1.807, 2.05) is 0 Å². The standard InChI is InChI=1S/C28H53B/c1-11-19-28(24(7)8,20-15-13-17-22(3)4)27(26(12-2)23(5)6)25(9)18-14-16-21-29-10/h13-16,22,24-25,27,29H,11-12,17-21H2,1-10H3/b15-13-,16-14-. The third kappa shape index (κ3) is 9.31. The van der Waals surface area contributed by atoms with Gasteiger partial charge in [-0.15, -0.1) is 0 Å². The monoisotopic (exact) mass is 400 g/mol. The van der Waals surface area contributed by atoms with Crippen LogP contribution < -0.4 is 0 Å². The minimum atomic E-state index is 0.350. The molecule has 0 heterocycles. The van der Waals surface area contributed by atoms with Gasteiger partial charge >= 0.3 is 0 Å². The molecule has 0 aromatic carbocycles. The highest BCUT2D eigenvalue weighted by Crippen LogP contribution is 2.52. The molecule has 0 amide bonds. The summed E-state index contributed by atoms with van der Waals surface area (Å²) in [7, 11) is 1.24. The van der Waals surface area contributed by atoms with E-state index in [1.54, 1.807) is 11.1 Å². The van der Waals surface area contributed by atoms with E-state index in [0.717, 1.165) is 5.92 Å². The fourth-order valence-electron chi connectivity index (χ4n) is 5.28. The molecule has 3 unspecified atom stereocenters. The van der Waals surface area contributed by atoms with E-state index in [-0.39, 0.29) is 0 Å². The van der Waals surface area contributed by atoms with Crippen molar-refractivity contribution in [3.63, 3.8) is 0 Å². The summed E-state index contributed by atoms with van der Waals surface area (Å²) < 4.78 is 0. The van der Waals surface area contributed by atoms with Crippen LogP contribution in [0.1, 0.15) is 101 Å². The lowest BCUT2D eigenvalue weighted by atomic mass is 9.56. The molecule has 0 aliphatic rings. The van der Waals surface area contributed by atoms with Gasteiger partial charge in [0, 0.05) is 0 Å². The molecule has 0 rings (SSSR count). The zero-order valence-electron chi connectivity index (χ0n) is 21.8. The van der Waals surface area contributed by atoms with Crippen LogP contribution in [-0.2, 0) is 0 Å². The summed E-state index contributed by atoms with van der Waals surface area (Å²) in [5.74, 6) is 2.76. The first kappa shape index (κ1) is 28.3. The Kier molecular flexibility index (Phi) is 14.8. The summed E-state index contributed by atoms with van der Waals surface area (Å²) in [4.78, 5) is 0. The topological polar surface area (TPSA) is 0 Å². The fourth-order valence-corrected chi connectivity index (χ4v) is 5.28. The zero-order chi connectivity index (χ0) is 22.4. The minimum Gasteiger partial charge on any atom is -0.0960 e. The van der Waals surface area contributed by atoms with Gasteiger partial charge in [0.25, 0.3) is 0 Å². The number of allylic oxidation sites excluding steroid dienone is 6. The van der Waals surface area contributed by atoms with Crippen LogP contribution in [0.15, 0.2) is 35.5 Å². The van der Waals surface area contributed by atoms with Gasteiger partial charge in [-0.05, 0) is 75.0 Å². The van der Waals surface area contributed by atoms with Crippen LogP contribution >= 0.6 is 0 Å². The third-order valence-corrected chi connectivity index (χ3v) is 6.85. The molecule has 3 atom stereocenters. The van der Waals surface area contributed by atoms with E-state index < -0.39 is 0 Å². The van der Waals surface area contributed by atoms with Crippen LogP contribution in [0.4, 0.5) is 0 Å². The lowest BCUT2D eigenvalue weighted by Gasteiger charge is -2.48. The lowest BCUT2D eigenvalue weighted by Crippen LogP contribution is -2.40. The Morgan fingerprint density at radius 3 is 1.97 bits per heavy atom. The Morgan fingerprint density at radius 2 is 1.52 bits per heavy atom. The quantitative estimate of drug-likeness (QED) is 0.190. The summed E-state index contributed by atoms with van der Waals surface area (Å²) in [6, 6.07) is 0. The van der Waals surface area contributed by atoms with Crippen molar-refractivity contribution in [3.05, 3.63) is 35.5 Å². The molecule has 0 bridgehead atoms. The first-order valence-electron chi connectivity index (χ1n) is 12.6. The normalized spacial score (nSPS) is 16.6. The van der Waals surface area contributed by atoms with Gasteiger partial charge in [-0.2, -0.15) is 0 Å². The van der Waals surface area contributed by atoms with E-state index in [2.05, 4.69) is 93.4 Å². The molecular formula is C28H53B. The summed E-state index contributed by atoms with van der Waals surface area (Å²) >= 11 is 0. The highest BCUT2D eigenvalue weighted by molar-refractivity contribution is 6.34. The Morgan fingerprint density at radius 1 is 0.897 bits per heavy atom. The van der Waals surface area contributed by atoms with Crippen molar-refractivity contribution in [2.24, 2.45) is 29.1 Å². The van der Waals surface area contributed by atoms with Crippen LogP contribution in [0.3, 0.4) is 0 Å². The van der Waals surface area contributed by atoms with Crippen molar-refractivity contribution in [2.75, 3.05) is 0 Å². The summed E-state index contributed by atoms with van der Waals surface area (Å²) in [6.07, 6.45) is 18.5. The maximum Gasteiger partial charge on any atom is 0.121 e. The van der Waals surface area contributed by atoms with Gasteiger partial charge in [0.05, 0.1) is 0 Å². The van der Waals surface area contributed by atoms with Crippen molar-refractivity contribution in [2.45, 2.75) is 114 Å². The second-order valence-corrected chi connectivity index (χ2v) is 10.3. The second kappa shape index (κ2) is 15.1. The average Bonchev–Trinajstić information content (AvgIpc) is 2.65. The van der Waals surface area contributed by atoms with Gasteiger partial charge in [0.2, 0.25) is 0 Å². The van der Waals surface area contributed by atoms with Crippen molar-refractivity contribution in [3.8, 4) is 0 Å². The number of rotatable bonds is 15. The van der Waals surface area contributed by atoms with E-state index in [0.29, 0.717) is 23.2 Å². The molecule has 0 fully saturated rings. The summed E-state index contributed by atoms with van der Waals surface area (Å²) in [5, 5.41) is 0. The van der Waals surface area contributed by atoms with Crippen molar-refractivity contribution >= 4 is 7.28 Å². The molecule has 0 saturated heterocycles. The Bertz CT molecular complexity index is 504. The highest BCUT2D eigenvalue weighted by atomic mass is 14.5. The van der Waals surface area contributed by atoms with E-state index in [4.69, 9.17) is 0 Å². The molecule has 1 heteroatoms.